The van der Waals surface area contributed by atoms with E-state index in [2.05, 4.69) is 10.6 Å². The predicted molar refractivity (Wildman–Crippen MR) is 76.1 cm³/mol. The number of halogens is 2. The Morgan fingerprint density at radius 3 is 3.00 bits per heavy atom. The molecule has 2 N–H and O–H groups in total. The van der Waals surface area contributed by atoms with Gasteiger partial charge in [-0.2, -0.15) is 0 Å². The predicted octanol–water partition coefficient (Wildman–Crippen LogP) is 2.38. The summed E-state index contributed by atoms with van der Waals surface area (Å²) in [4.78, 5) is 11.9. The molecule has 0 aromatic heterocycles. The van der Waals surface area contributed by atoms with Crippen molar-refractivity contribution in [1.29, 1.82) is 0 Å². The number of carbonyl (C=O) groups excluding carboxylic acids is 1. The molecule has 1 saturated heterocycles. The number of piperidine rings is 1. The molecule has 0 aliphatic carbocycles. The molecular formula is C13H18Cl2N2O. The lowest BCUT2D eigenvalue weighted by atomic mass is 9.99. The highest BCUT2D eigenvalue weighted by Crippen LogP contribution is 2.12. The van der Waals surface area contributed by atoms with Crippen LogP contribution in [0.1, 0.15) is 18.4 Å². The average molecular weight is 289 g/mol. The maximum absolute atomic E-state index is 11.9. The second-order valence-corrected chi connectivity index (χ2v) is 4.83. The molecule has 0 spiro atoms. The largest absolute Gasteiger partial charge is 0.352 e. The summed E-state index contributed by atoms with van der Waals surface area (Å²) in [6.07, 6.45) is 2.06. The topological polar surface area (TPSA) is 41.1 Å². The van der Waals surface area contributed by atoms with Gasteiger partial charge < -0.3 is 10.6 Å². The van der Waals surface area contributed by atoms with Crippen LogP contribution in [0, 0.1) is 5.92 Å². The third kappa shape index (κ3) is 4.48. The van der Waals surface area contributed by atoms with Gasteiger partial charge >= 0.3 is 0 Å². The summed E-state index contributed by atoms with van der Waals surface area (Å²) in [7, 11) is 0. The summed E-state index contributed by atoms with van der Waals surface area (Å²) in [6, 6.07) is 7.57. The van der Waals surface area contributed by atoms with Gasteiger partial charge in [-0.05, 0) is 37.1 Å². The first-order chi connectivity index (χ1) is 8.25. The Labute approximate surface area is 119 Å². The van der Waals surface area contributed by atoms with E-state index in [9.17, 15) is 4.79 Å². The fourth-order valence-corrected chi connectivity index (χ4v) is 2.27. The maximum Gasteiger partial charge on any atom is 0.224 e. The van der Waals surface area contributed by atoms with Crippen molar-refractivity contribution in [2.75, 3.05) is 13.1 Å². The van der Waals surface area contributed by atoms with Crippen molar-refractivity contribution >= 4 is 29.9 Å². The van der Waals surface area contributed by atoms with Crippen LogP contribution in [-0.2, 0) is 11.3 Å². The molecule has 0 bridgehead atoms. The fraction of sp³-hybridized carbons (Fsp3) is 0.462. The Hall–Kier alpha value is -0.770. The van der Waals surface area contributed by atoms with Gasteiger partial charge in [0, 0.05) is 18.1 Å². The van der Waals surface area contributed by atoms with Gasteiger partial charge in [-0.1, -0.05) is 23.7 Å². The molecule has 1 atom stereocenters. The zero-order chi connectivity index (χ0) is 12.1. The number of hydrogen-bond donors (Lipinski definition) is 2. The SMILES string of the molecule is Cl.O=C(NCc1cccc(Cl)c1)[C@@H]1CCCNC1. The summed E-state index contributed by atoms with van der Waals surface area (Å²) in [5, 5.41) is 6.90. The highest BCUT2D eigenvalue weighted by atomic mass is 35.5. The first-order valence-electron chi connectivity index (χ1n) is 5.98. The molecular weight excluding hydrogens is 271 g/mol. The second kappa shape index (κ2) is 7.62. The lowest BCUT2D eigenvalue weighted by molar-refractivity contribution is -0.125. The van der Waals surface area contributed by atoms with Crippen molar-refractivity contribution in [3.8, 4) is 0 Å². The van der Waals surface area contributed by atoms with Crippen molar-refractivity contribution in [1.82, 2.24) is 10.6 Å². The lowest BCUT2D eigenvalue weighted by Crippen LogP contribution is -2.40. The molecule has 1 aromatic rings. The summed E-state index contributed by atoms with van der Waals surface area (Å²) in [5.74, 6) is 0.250. The van der Waals surface area contributed by atoms with Crippen LogP contribution in [0.2, 0.25) is 5.02 Å². The first kappa shape index (κ1) is 15.3. The van der Waals surface area contributed by atoms with Gasteiger partial charge in [0.05, 0.1) is 5.92 Å². The highest BCUT2D eigenvalue weighted by Gasteiger charge is 2.20. The normalized spacial score (nSPS) is 18.8. The van der Waals surface area contributed by atoms with Gasteiger partial charge in [0.2, 0.25) is 5.91 Å². The van der Waals surface area contributed by atoms with E-state index in [0.29, 0.717) is 11.6 Å². The molecule has 0 unspecified atom stereocenters. The molecule has 5 heteroatoms. The molecule has 3 nitrogen and oxygen atoms in total. The zero-order valence-electron chi connectivity index (χ0n) is 10.1. The molecule has 2 rings (SSSR count). The minimum absolute atomic E-state index is 0. The van der Waals surface area contributed by atoms with E-state index in [-0.39, 0.29) is 24.2 Å². The van der Waals surface area contributed by atoms with E-state index in [1.807, 2.05) is 24.3 Å². The van der Waals surface area contributed by atoms with E-state index < -0.39 is 0 Å². The molecule has 0 radical (unpaired) electrons. The summed E-state index contributed by atoms with van der Waals surface area (Å²) in [5.41, 5.74) is 1.04. The van der Waals surface area contributed by atoms with Crippen LogP contribution in [0.5, 0.6) is 0 Å². The van der Waals surface area contributed by atoms with E-state index in [4.69, 9.17) is 11.6 Å². The molecule has 100 valence electrons. The minimum atomic E-state index is 0. The first-order valence-corrected chi connectivity index (χ1v) is 6.36. The number of benzene rings is 1. The number of rotatable bonds is 3. The summed E-state index contributed by atoms with van der Waals surface area (Å²) >= 11 is 5.89. The third-order valence-electron chi connectivity index (χ3n) is 3.02. The standard InChI is InChI=1S/C13H17ClN2O.ClH/c14-12-5-1-3-10(7-12)8-16-13(17)11-4-2-6-15-9-11;/h1,3,5,7,11,15H,2,4,6,8-9H2,(H,16,17);1H/t11-;/m1./s1. The number of amides is 1. The summed E-state index contributed by atoms with van der Waals surface area (Å²) < 4.78 is 0. The van der Waals surface area contributed by atoms with Crippen LogP contribution in [0.15, 0.2) is 24.3 Å². The van der Waals surface area contributed by atoms with E-state index in [1.165, 1.54) is 0 Å². The van der Waals surface area contributed by atoms with E-state index in [0.717, 1.165) is 31.5 Å². The van der Waals surface area contributed by atoms with Gasteiger partial charge in [0.1, 0.15) is 0 Å². The molecule has 1 aliphatic heterocycles. The average Bonchev–Trinajstić information content (AvgIpc) is 2.37. The van der Waals surface area contributed by atoms with Gasteiger partial charge in [0.25, 0.3) is 0 Å². The maximum atomic E-state index is 11.9. The van der Waals surface area contributed by atoms with Crippen LogP contribution in [0.25, 0.3) is 0 Å². The van der Waals surface area contributed by atoms with Crippen molar-refractivity contribution in [3.63, 3.8) is 0 Å². The molecule has 1 amide bonds. The van der Waals surface area contributed by atoms with E-state index in [1.54, 1.807) is 0 Å². The molecule has 1 heterocycles. The Balaban J connectivity index is 0.00000162. The smallest absolute Gasteiger partial charge is 0.224 e. The minimum Gasteiger partial charge on any atom is -0.352 e. The van der Waals surface area contributed by atoms with Crippen LogP contribution in [0.3, 0.4) is 0 Å². The van der Waals surface area contributed by atoms with Gasteiger partial charge in [0.15, 0.2) is 0 Å². The molecule has 18 heavy (non-hydrogen) atoms. The molecule has 0 saturated carbocycles. The Bertz CT molecular complexity index is 392. The Kier molecular flexibility index (Phi) is 6.47. The van der Waals surface area contributed by atoms with Crippen LogP contribution in [0.4, 0.5) is 0 Å². The quantitative estimate of drug-likeness (QED) is 0.897. The molecule has 1 aromatic carbocycles. The van der Waals surface area contributed by atoms with Crippen molar-refractivity contribution in [3.05, 3.63) is 34.9 Å². The highest BCUT2D eigenvalue weighted by molar-refractivity contribution is 6.30. The van der Waals surface area contributed by atoms with Gasteiger partial charge in [-0.3, -0.25) is 4.79 Å². The van der Waals surface area contributed by atoms with Gasteiger partial charge in [-0.25, -0.2) is 0 Å². The zero-order valence-corrected chi connectivity index (χ0v) is 11.7. The number of carbonyl (C=O) groups is 1. The molecule has 1 fully saturated rings. The third-order valence-corrected chi connectivity index (χ3v) is 3.26. The number of hydrogen-bond acceptors (Lipinski definition) is 2. The van der Waals surface area contributed by atoms with Gasteiger partial charge in [-0.15, -0.1) is 12.4 Å². The van der Waals surface area contributed by atoms with Crippen molar-refractivity contribution in [2.24, 2.45) is 5.92 Å². The fourth-order valence-electron chi connectivity index (χ4n) is 2.06. The van der Waals surface area contributed by atoms with Crippen molar-refractivity contribution in [2.45, 2.75) is 19.4 Å². The van der Waals surface area contributed by atoms with Crippen LogP contribution < -0.4 is 10.6 Å². The molecule has 1 aliphatic rings. The van der Waals surface area contributed by atoms with Crippen LogP contribution >= 0.6 is 24.0 Å². The second-order valence-electron chi connectivity index (χ2n) is 4.39. The lowest BCUT2D eigenvalue weighted by Gasteiger charge is -2.21. The number of nitrogens with one attached hydrogen (secondary N) is 2. The van der Waals surface area contributed by atoms with Crippen molar-refractivity contribution < 1.29 is 4.79 Å². The Morgan fingerprint density at radius 1 is 1.50 bits per heavy atom. The Morgan fingerprint density at radius 2 is 2.33 bits per heavy atom. The monoisotopic (exact) mass is 288 g/mol. The summed E-state index contributed by atoms with van der Waals surface area (Å²) in [6.45, 7) is 2.37. The van der Waals surface area contributed by atoms with E-state index >= 15 is 0 Å². The van der Waals surface area contributed by atoms with Crippen LogP contribution in [-0.4, -0.2) is 19.0 Å².